The van der Waals surface area contributed by atoms with Gasteiger partial charge in [-0.05, 0) is 36.6 Å². The van der Waals surface area contributed by atoms with Gasteiger partial charge >= 0.3 is 0 Å². The van der Waals surface area contributed by atoms with Gasteiger partial charge < -0.3 is 0 Å². The summed E-state index contributed by atoms with van der Waals surface area (Å²) in [5, 5.41) is 11.8. The van der Waals surface area contributed by atoms with Crippen LogP contribution in [0.1, 0.15) is 10.4 Å². The number of hydrazine groups is 1. The molecular weight excluding hydrogens is 354 g/mol. The monoisotopic (exact) mass is 369 g/mol. The minimum Gasteiger partial charge on any atom is -0.295 e. The number of nitrogens with one attached hydrogen (secondary N) is 2. The maximum absolute atomic E-state index is 12.3. The molecular formula is C17H15N5O3S. The van der Waals surface area contributed by atoms with Crippen molar-refractivity contribution in [1.82, 2.24) is 15.0 Å². The van der Waals surface area contributed by atoms with Gasteiger partial charge in [-0.1, -0.05) is 23.9 Å². The largest absolute Gasteiger partial charge is 0.295 e. The highest BCUT2D eigenvalue weighted by Crippen LogP contribution is 2.22. The summed E-state index contributed by atoms with van der Waals surface area (Å²) in [5.74, 6) is -0.398. The topological polar surface area (TPSA) is 102 Å². The predicted octanol–water partition coefficient (Wildman–Crippen LogP) is 3.26. The molecule has 1 heterocycles. The van der Waals surface area contributed by atoms with E-state index >= 15 is 0 Å². The van der Waals surface area contributed by atoms with Gasteiger partial charge in [-0.2, -0.15) is 0 Å². The van der Waals surface area contributed by atoms with Gasteiger partial charge in [0.15, 0.2) is 5.16 Å². The average Bonchev–Trinajstić information content (AvgIpc) is 3.15. The number of thioether (sulfide) groups is 1. The van der Waals surface area contributed by atoms with Gasteiger partial charge in [-0.3, -0.25) is 30.3 Å². The summed E-state index contributed by atoms with van der Waals surface area (Å²) >= 11 is 1.52. The first-order valence-corrected chi connectivity index (χ1v) is 8.80. The van der Waals surface area contributed by atoms with E-state index < -0.39 is 10.8 Å². The number of nitro groups is 1. The zero-order chi connectivity index (χ0) is 18.5. The fraction of sp³-hybridized carbons (Fsp3) is 0.0588. The second kappa shape index (κ2) is 7.70. The maximum atomic E-state index is 12.3. The summed E-state index contributed by atoms with van der Waals surface area (Å²) in [6, 6.07) is 13.0. The summed E-state index contributed by atoms with van der Waals surface area (Å²) < 4.78 is 1.91. The molecule has 3 aromatic rings. The van der Waals surface area contributed by atoms with Crippen molar-refractivity contribution >= 4 is 29.0 Å². The number of nitrogens with zero attached hydrogens (tertiary/aromatic N) is 3. The van der Waals surface area contributed by atoms with Gasteiger partial charge in [-0.15, -0.1) is 0 Å². The Morgan fingerprint density at radius 2 is 1.92 bits per heavy atom. The normalized spacial score (nSPS) is 10.3. The Morgan fingerprint density at radius 3 is 2.62 bits per heavy atom. The molecule has 0 spiro atoms. The number of imidazole rings is 1. The molecule has 0 unspecified atom stereocenters. The molecule has 0 aliphatic heterocycles. The maximum Gasteiger partial charge on any atom is 0.294 e. The van der Waals surface area contributed by atoms with Crippen molar-refractivity contribution in [3.8, 4) is 5.69 Å². The van der Waals surface area contributed by atoms with Crippen LogP contribution < -0.4 is 10.9 Å². The van der Waals surface area contributed by atoms with Crippen LogP contribution in [0.3, 0.4) is 0 Å². The van der Waals surface area contributed by atoms with Crippen LogP contribution in [0.4, 0.5) is 11.4 Å². The van der Waals surface area contributed by atoms with Crippen LogP contribution in [0, 0.1) is 10.1 Å². The summed E-state index contributed by atoms with van der Waals surface area (Å²) in [7, 11) is 0. The SMILES string of the molecule is CSc1nccn1-c1ccc(C(=O)NNc2ccccc2[N+](=O)[O-])cc1. The molecule has 3 rings (SSSR count). The molecule has 2 N–H and O–H groups in total. The number of hydrogen-bond acceptors (Lipinski definition) is 6. The van der Waals surface area contributed by atoms with E-state index in [-0.39, 0.29) is 11.4 Å². The first kappa shape index (κ1) is 17.5. The van der Waals surface area contributed by atoms with Gasteiger partial charge in [-0.25, -0.2) is 4.98 Å². The number of carbonyl (C=O) groups is 1. The van der Waals surface area contributed by atoms with Crippen molar-refractivity contribution in [1.29, 1.82) is 0 Å². The third-order valence-corrected chi connectivity index (χ3v) is 4.28. The van der Waals surface area contributed by atoms with E-state index in [0.29, 0.717) is 5.56 Å². The van der Waals surface area contributed by atoms with Gasteiger partial charge in [0.05, 0.1) is 4.92 Å². The smallest absolute Gasteiger partial charge is 0.294 e. The fourth-order valence-corrected chi connectivity index (χ4v) is 2.87. The van der Waals surface area contributed by atoms with Crippen molar-refractivity contribution in [2.75, 3.05) is 11.7 Å². The van der Waals surface area contributed by atoms with E-state index in [1.807, 2.05) is 17.0 Å². The molecule has 0 aliphatic carbocycles. The Labute approximate surface area is 153 Å². The van der Waals surface area contributed by atoms with Crippen molar-refractivity contribution in [2.45, 2.75) is 5.16 Å². The Morgan fingerprint density at radius 1 is 1.19 bits per heavy atom. The molecule has 0 saturated carbocycles. The number of rotatable bonds is 6. The minimum absolute atomic E-state index is 0.118. The first-order chi connectivity index (χ1) is 12.6. The lowest BCUT2D eigenvalue weighted by Crippen LogP contribution is -2.29. The van der Waals surface area contributed by atoms with Crippen LogP contribution in [0.15, 0.2) is 66.1 Å². The van der Waals surface area contributed by atoms with Gasteiger partial charge in [0.25, 0.3) is 11.6 Å². The lowest BCUT2D eigenvalue weighted by atomic mass is 10.2. The molecule has 9 heteroatoms. The predicted molar refractivity (Wildman–Crippen MR) is 99.5 cm³/mol. The van der Waals surface area contributed by atoms with Gasteiger partial charge in [0, 0.05) is 29.7 Å². The van der Waals surface area contributed by atoms with Crippen molar-refractivity contribution in [3.63, 3.8) is 0 Å². The van der Waals surface area contributed by atoms with Crippen LogP contribution >= 0.6 is 11.8 Å². The van der Waals surface area contributed by atoms with Crippen LogP contribution in [0.5, 0.6) is 0 Å². The van der Waals surface area contributed by atoms with E-state index in [2.05, 4.69) is 15.8 Å². The Balaban J connectivity index is 1.70. The zero-order valence-corrected chi connectivity index (χ0v) is 14.6. The molecule has 8 nitrogen and oxygen atoms in total. The second-order valence-corrected chi connectivity index (χ2v) is 5.96. The molecule has 132 valence electrons. The summed E-state index contributed by atoms with van der Waals surface area (Å²) in [6.07, 6.45) is 5.50. The quantitative estimate of drug-likeness (QED) is 0.393. The molecule has 1 amide bonds. The molecule has 0 atom stereocenters. The fourth-order valence-electron chi connectivity index (χ4n) is 2.35. The lowest BCUT2D eigenvalue weighted by Gasteiger charge is -2.10. The zero-order valence-electron chi connectivity index (χ0n) is 13.7. The third-order valence-electron chi connectivity index (χ3n) is 3.61. The van der Waals surface area contributed by atoms with Gasteiger partial charge in [0.2, 0.25) is 0 Å². The summed E-state index contributed by atoms with van der Waals surface area (Å²) in [6.45, 7) is 0. The average molecular weight is 369 g/mol. The molecule has 0 saturated heterocycles. The van der Waals surface area contributed by atoms with E-state index in [0.717, 1.165) is 10.8 Å². The molecule has 0 bridgehead atoms. The summed E-state index contributed by atoms with van der Waals surface area (Å²) in [4.78, 5) is 27.0. The number of aromatic nitrogens is 2. The molecule has 0 fully saturated rings. The number of para-hydroxylation sites is 2. The number of nitro benzene ring substituents is 1. The van der Waals surface area contributed by atoms with Crippen LogP contribution in [-0.4, -0.2) is 26.6 Å². The Kier molecular flexibility index (Phi) is 5.18. The number of carbonyl (C=O) groups excluding carboxylic acids is 1. The van der Waals surface area contributed by atoms with E-state index in [9.17, 15) is 14.9 Å². The van der Waals surface area contributed by atoms with Crippen molar-refractivity contribution < 1.29 is 9.72 Å². The summed E-state index contributed by atoms with van der Waals surface area (Å²) in [5.41, 5.74) is 6.47. The molecule has 0 radical (unpaired) electrons. The third kappa shape index (κ3) is 3.67. The molecule has 1 aromatic heterocycles. The van der Waals surface area contributed by atoms with Crippen molar-refractivity contribution in [2.24, 2.45) is 0 Å². The number of anilines is 1. The lowest BCUT2D eigenvalue weighted by molar-refractivity contribution is -0.384. The Hall–Kier alpha value is -3.33. The van der Waals surface area contributed by atoms with Gasteiger partial charge in [0.1, 0.15) is 5.69 Å². The molecule has 0 aliphatic rings. The van der Waals surface area contributed by atoms with E-state index in [1.165, 1.54) is 23.9 Å². The minimum atomic E-state index is -0.516. The Bertz CT molecular complexity index is 940. The van der Waals surface area contributed by atoms with Crippen LogP contribution in [0.25, 0.3) is 5.69 Å². The van der Waals surface area contributed by atoms with E-state index in [4.69, 9.17) is 0 Å². The van der Waals surface area contributed by atoms with Crippen molar-refractivity contribution in [3.05, 3.63) is 76.6 Å². The molecule has 2 aromatic carbocycles. The highest BCUT2D eigenvalue weighted by Gasteiger charge is 2.13. The highest BCUT2D eigenvalue weighted by atomic mass is 32.2. The number of amides is 1. The van der Waals surface area contributed by atoms with Crippen LogP contribution in [-0.2, 0) is 0 Å². The highest BCUT2D eigenvalue weighted by molar-refractivity contribution is 7.98. The number of benzene rings is 2. The first-order valence-electron chi connectivity index (χ1n) is 7.57. The number of hydrogen-bond donors (Lipinski definition) is 2. The second-order valence-electron chi connectivity index (χ2n) is 5.18. The van der Waals surface area contributed by atoms with E-state index in [1.54, 1.807) is 42.6 Å². The standard InChI is InChI=1S/C17H15N5O3S/c1-26-17-18-10-11-21(17)13-8-6-12(7-9-13)16(23)20-19-14-4-2-3-5-15(14)22(24)25/h2-11,19H,1H3,(H,20,23). The molecule has 26 heavy (non-hydrogen) atoms. The van der Waals surface area contributed by atoms with Crippen LogP contribution in [0.2, 0.25) is 0 Å².